The average molecular weight is 296 g/mol. The summed E-state index contributed by atoms with van der Waals surface area (Å²) in [5.41, 5.74) is 1.99. The molecule has 2 aromatic rings. The van der Waals surface area contributed by atoms with Crippen LogP contribution in [0.1, 0.15) is 41.9 Å². The van der Waals surface area contributed by atoms with Crippen LogP contribution in [0.3, 0.4) is 0 Å². The fraction of sp³-hybridized carbons (Fsp3) is 0.333. The van der Waals surface area contributed by atoms with Crippen LogP contribution in [0.5, 0.6) is 5.75 Å². The molecule has 1 N–H and O–H groups in total. The molecule has 0 atom stereocenters. The molecule has 4 nitrogen and oxygen atoms in total. The largest absolute Gasteiger partial charge is 0.490 e. The number of nitrogens with one attached hydrogen (secondary N) is 1. The van der Waals surface area contributed by atoms with Crippen LogP contribution in [0.25, 0.3) is 0 Å². The van der Waals surface area contributed by atoms with E-state index in [2.05, 4.69) is 10.3 Å². The highest BCUT2D eigenvalue weighted by Crippen LogP contribution is 2.25. The van der Waals surface area contributed by atoms with Gasteiger partial charge in [-0.1, -0.05) is 6.07 Å². The molecule has 1 aromatic carbocycles. The standard InChI is InChI=1S/C18H20N2O2/c1-13-5-4-8-17(19-13)18(21)20-14-9-11-16(12-10-14)22-15-6-2-3-7-15/h4-5,8-12,15H,2-3,6-7H2,1H3,(H,20,21). The van der Waals surface area contributed by atoms with Gasteiger partial charge >= 0.3 is 0 Å². The van der Waals surface area contributed by atoms with Crippen LogP contribution in [0.15, 0.2) is 42.5 Å². The summed E-state index contributed by atoms with van der Waals surface area (Å²) in [6, 6.07) is 12.9. The first kappa shape index (κ1) is 14.6. The maximum Gasteiger partial charge on any atom is 0.274 e. The van der Waals surface area contributed by atoms with Gasteiger partial charge in [-0.15, -0.1) is 0 Å². The Bertz CT molecular complexity index is 646. The number of ether oxygens (including phenoxy) is 1. The van der Waals surface area contributed by atoms with Crippen LogP contribution < -0.4 is 10.1 Å². The Balaban J connectivity index is 1.61. The number of anilines is 1. The summed E-state index contributed by atoms with van der Waals surface area (Å²) in [5.74, 6) is 0.659. The number of carbonyl (C=O) groups is 1. The zero-order valence-electron chi connectivity index (χ0n) is 12.7. The van der Waals surface area contributed by atoms with E-state index in [9.17, 15) is 4.79 Å². The van der Waals surface area contributed by atoms with E-state index in [1.807, 2.05) is 43.3 Å². The Hall–Kier alpha value is -2.36. The van der Waals surface area contributed by atoms with Crippen LogP contribution in [0.4, 0.5) is 5.69 Å². The third-order valence-corrected chi connectivity index (χ3v) is 3.84. The molecule has 0 unspecified atom stereocenters. The molecule has 1 aliphatic rings. The van der Waals surface area contributed by atoms with Crippen LogP contribution in [0.2, 0.25) is 0 Å². The highest BCUT2D eigenvalue weighted by Gasteiger charge is 2.16. The molecule has 114 valence electrons. The summed E-state index contributed by atoms with van der Waals surface area (Å²) >= 11 is 0. The van der Waals surface area contributed by atoms with Gasteiger partial charge < -0.3 is 10.1 Å². The van der Waals surface area contributed by atoms with Crippen molar-refractivity contribution in [1.29, 1.82) is 0 Å². The van der Waals surface area contributed by atoms with Gasteiger partial charge in [0.05, 0.1) is 6.10 Å². The van der Waals surface area contributed by atoms with Crippen LogP contribution in [0, 0.1) is 6.92 Å². The van der Waals surface area contributed by atoms with E-state index in [4.69, 9.17) is 4.74 Å². The Labute approximate surface area is 130 Å². The zero-order valence-corrected chi connectivity index (χ0v) is 12.7. The number of aromatic nitrogens is 1. The Morgan fingerprint density at radius 1 is 1.14 bits per heavy atom. The SMILES string of the molecule is Cc1cccc(C(=O)Nc2ccc(OC3CCCC3)cc2)n1. The van der Waals surface area contributed by atoms with E-state index in [0.29, 0.717) is 11.8 Å². The Morgan fingerprint density at radius 2 is 1.86 bits per heavy atom. The number of pyridine rings is 1. The van der Waals surface area contributed by atoms with E-state index in [1.165, 1.54) is 12.8 Å². The number of hydrogen-bond acceptors (Lipinski definition) is 3. The minimum Gasteiger partial charge on any atom is -0.490 e. The lowest BCUT2D eigenvalue weighted by Crippen LogP contribution is -2.14. The molecule has 1 aliphatic carbocycles. The maximum absolute atomic E-state index is 12.1. The molecule has 4 heteroatoms. The van der Waals surface area contributed by atoms with Gasteiger partial charge in [-0.3, -0.25) is 4.79 Å². The third-order valence-electron chi connectivity index (χ3n) is 3.84. The first-order valence-corrected chi connectivity index (χ1v) is 7.72. The van der Waals surface area contributed by atoms with Crippen molar-refractivity contribution >= 4 is 11.6 Å². The molecule has 0 bridgehead atoms. The van der Waals surface area contributed by atoms with Gasteiger partial charge in [0.25, 0.3) is 5.91 Å². The third kappa shape index (κ3) is 3.64. The average Bonchev–Trinajstić information content (AvgIpc) is 3.02. The lowest BCUT2D eigenvalue weighted by Gasteiger charge is -2.13. The predicted molar refractivity (Wildman–Crippen MR) is 86.3 cm³/mol. The first-order chi connectivity index (χ1) is 10.7. The van der Waals surface area contributed by atoms with Gasteiger partial charge in [-0.25, -0.2) is 4.98 Å². The van der Waals surface area contributed by atoms with Gasteiger partial charge in [0, 0.05) is 11.4 Å². The van der Waals surface area contributed by atoms with E-state index < -0.39 is 0 Å². The van der Waals surface area contributed by atoms with E-state index >= 15 is 0 Å². The Kier molecular flexibility index (Phi) is 4.37. The van der Waals surface area contributed by atoms with Gasteiger partial charge in [-0.05, 0) is 69.0 Å². The van der Waals surface area contributed by atoms with Crippen molar-refractivity contribution < 1.29 is 9.53 Å². The molecule has 1 heterocycles. The smallest absolute Gasteiger partial charge is 0.274 e. The van der Waals surface area contributed by atoms with Crippen LogP contribution in [-0.4, -0.2) is 17.0 Å². The second-order valence-corrected chi connectivity index (χ2v) is 5.67. The monoisotopic (exact) mass is 296 g/mol. The van der Waals surface area contributed by atoms with Gasteiger partial charge in [-0.2, -0.15) is 0 Å². The van der Waals surface area contributed by atoms with E-state index in [1.54, 1.807) is 6.07 Å². The summed E-state index contributed by atoms with van der Waals surface area (Å²) < 4.78 is 5.91. The molecule has 0 spiro atoms. The molecular weight excluding hydrogens is 276 g/mol. The predicted octanol–water partition coefficient (Wildman–Crippen LogP) is 3.96. The normalized spacial score (nSPS) is 14.8. The molecule has 1 amide bonds. The van der Waals surface area contributed by atoms with Crippen molar-refractivity contribution in [2.24, 2.45) is 0 Å². The molecule has 0 saturated heterocycles. The fourth-order valence-corrected chi connectivity index (χ4v) is 2.68. The highest BCUT2D eigenvalue weighted by atomic mass is 16.5. The number of carbonyl (C=O) groups excluding carboxylic acids is 1. The van der Waals surface area contributed by atoms with Crippen molar-refractivity contribution in [2.45, 2.75) is 38.7 Å². The van der Waals surface area contributed by atoms with Crippen molar-refractivity contribution in [1.82, 2.24) is 4.98 Å². The molecule has 1 saturated carbocycles. The summed E-state index contributed by atoms with van der Waals surface area (Å²) in [7, 11) is 0. The maximum atomic E-state index is 12.1. The minimum atomic E-state index is -0.201. The van der Waals surface area contributed by atoms with Crippen molar-refractivity contribution in [2.75, 3.05) is 5.32 Å². The summed E-state index contributed by atoms with van der Waals surface area (Å²) in [6.45, 7) is 1.87. The minimum absolute atomic E-state index is 0.201. The number of rotatable bonds is 4. The van der Waals surface area contributed by atoms with Gasteiger partial charge in [0.15, 0.2) is 0 Å². The number of aryl methyl sites for hydroxylation is 1. The molecule has 0 aliphatic heterocycles. The topological polar surface area (TPSA) is 51.2 Å². The molecule has 3 rings (SSSR count). The van der Waals surface area contributed by atoms with E-state index in [-0.39, 0.29) is 5.91 Å². The summed E-state index contributed by atoms with van der Waals surface area (Å²) in [5, 5.41) is 2.85. The number of hydrogen-bond donors (Lipinski definition) is 1. The lowest BCUT2D eigenvalue weighted by molar-refractivity contribution is 0.102. The highest BCUT2D eigenvalue weighted by molar-refractivity contribution is 6.02. The van der Waals surface area contributed by atoms with Gasteiger partial charge in [0.2, 0.25) is 0 Å². The van der Waals surface area contributed by atoms with Crippen molar-refractivity contribution in [3.63, 3.8) is 0 Å². The number of nitrogens with zero attached hydrogens (tertiary/aromatic N) is 1. The molecule has 1 fully saturated rings. The second-order valence-electron chi connectivity index (χ2n) is 5.67. The second kappa shape index (κ2) is 6.60. The van der Waals surface area contributed by atoms with Gasteiger partial charge in [0.1, 0.15) is 11.4 Å². The molecule has 0 radical (unpaired) electrons. The van der Waals surface area contributed by atoms with Crippen LogP contribution in [-0.2, 0) is 0 Å². The number of benzene rings is 1. The quantitative estimate of drug-likeness (QED) is 0.929. The molecule has 22 heavy (non-hydrogen) atoms. The zero-order chi connectivity index (χ0) is 15.4. The van der Waals surface area contributed by atoms with Crippen LogP contribution >= 0.6 is 0 Å². The summed E-state index contributed by atoms with van der Waals surface area (Å²) in [4.78, 5) is 16.3. The molecular formula is C18H20N2O2. The first-order valence-electron chi connectivity index (χ1n) is 7.72. The summed E-state index contributed by atoms with van der Waals surface area (Å²) in [6.07, 6.45) is 5.12. The van der Waals surface area contributed by atoms with E-state index in [0.717, 1.165) is 30.0 Å². The fourth-order valence-electron chi connectivity index (χ4n) is 2.68. The number of amides is 1. The Morgan fingerprint density at radius 3 is 2.55 bits per heavy atom. The van der Waals surface area contributed by atoms with Crippen molar-refractivity contribution in [3.8, 4) is 5.75 Å². The lowest BCUT2D eigenvalue weighted by atomic mass is 10.2. The molecule has 1 aromatic heterocycles. The van der Waals surface area contributed by atoms with Crippen molar-refractivity contribution in [3.05, 3.63) is 53.9 Å².